The van der Waals surface area contributed by atoms with E-state index in [0.717, 1.165) is 6.08 Å². The Kier molecular flexibility index (Phi) is 13.1. The molecule has 2 rings (SSSR count). The van der Waals surface area contributed by atoms with Crippen molar-refractivity contribution < 1.29 is 38.5 Å². The first-order valence-electron chi connectivity index (χ1n) is 13.8. The minimum absolute atomic E-state index is 0.132. The molecule has 0 fully saturated rings. The van der Waals surface area contributed by atoms with Gasteiger partial charge in [0, 0.05) is 43.9 Å². The standard InChI is InChI=1S/C31H43N3O8/c1-8-12-33-26-21-13-17(2)14-25(41-7)27(36)19(4)15-20(5)29(42-31(32)39)24(40-6)11-9-10-18(3)30(38)34-22(28(21)37)16-23(26)35/h8-11,15-17,19,24-25,27,29,33,36H,1,12-14H2,2-7H3,(H2,32,39)(H,34,38)/b11-9-,18-10+,20-15-/t17-,19+,24+,25+,27-,29+/m1/s1. The summed E-state index contributed by atoms with van der Waals surface area (Å²) >= 11 is 0. The molecule has 6 atom stereocenters. The van der Waals surface area contributed by atoms with Gasteiger partial charge in [-0.1, -0.05) is 44.2 Å². The van der Waals surface area contributed by atoms with Gasteiger partial charge in [-0.05, 0) is 38.2 Å². The van der Waals surface area contributed by atoms with Crippen LogP contribution in [0.1, 0.15) is 40.5 Å². The van der Waals surface area contributed by atoms with E-state index in [2.05, 4.69) is 17.2 Å². The van der Waals surface area contributed by atoms with Crippen LogP contribution in [-0.4, -0.2) is 73.9 Å². The first-order chi connectivity index (χ1) is 19.8. The predicted octanol–water partition coefficient (Wildman–Crippen LogP) is 2.54. The Bertz CT molecular complexity index is 1210. The van der Waals surface area contributed by atoms with Crippen LogP contribution < -0.4 is 16.4 Å². The van der Waals surface area contributed by atoms with Crippen LogP contribution in [0.3, 0.4) is 0 Å². The summed E-state index contributed by atoms with van der Waals surface area (Å²) in [5, 5.41) is 16.7. The smallest absolute Gasteiger partial charge is 0.405 e. The zero-order chi connectivity index (χ0) is 31.6. The molecule has 1 aliphatic carbocycles. The van der Waals surface area contributed by atoms with Crippen molar-refractivity contribution in [1.29, 1.82) is 0 Å². The zero-order valence-corrected chi connectivity index (χ0v) is 25.1. The number of rotatable bonds is 6. The number of Topliss-reactive ketones (excluding diaryl/α,β-unsaturated/α-hetero) is 1. The highest BCUT2D eigenvalue weighted by atomic mass is 16.6. The number of allylic oxidation sites excluding steroid dienone is 4. The highest BCUT2D eigenvalue weighted by Gasteiger charge is 2.33. The van der Waals surface area contributed by atoms with Gasteiger partial charge in [-0.2, -0.15) is 0 Å². The summed E-state index contributed by atoms with van der Waals surface area (Å²) in [4.78, 5) is 51.3. The lowest BCUT2D eigenvalue weighted by atomic mass is 9.85. The maximum absolute atomic E-state index is 13.5. The molecule has 0 spiro atoms. The van der Waals surface area contributed by atoms with Crippen LogP contribution in [0.2, 0.25) is 0 Å². The predicted molar refractivity (Wildman–Crippen MR) is 158 cm³/mol. The number of nitrogens with two attached hydrogens (primary N) is 1. The molecule has 2 bridgehead atoms. The third kappa shape index (κ3) is 9.10. The number of hydrogen-bond donors (Lipinski definition) is 4. The van der Waals surface area contributed by atoms with Crippen LogP contribution in [0.4, 0.5) is 4.79 Å². The van der Waals surface area contributed by atoms with E-state index >= 15 is 0 Å². The fourth-order valence-electron chi connectivity index (χ4n) is 4.95. The number of carbonyl (C=O) groups excluding carboxylic acids is 4. The van der Waals surface area contributed by atoms with Gasteiger partial charge in [0.15, 0.2) is 6.10 Å². The molecule has 0 saturated carbocycles. The number of carbonyl (C=O) groups is 4. The van der Waals surface area contributed by atoms with Crippen LogP contribution >= 0.6 is 0 Å². The molecule has 0 radical (unpaired) electrons. The number of ketones is 2. The topological polar surface area (TPSA) is 166 Å². The number of aliphatic hydroxyl groups excluding tert-OH is 1. The van der Waals surface area contributed by atoms with E-state index in [1.54, 1.807) is 45.1 Å². The largest absolute Gasteiger partial charge is 0.439 e. The third-order valence-electron chi connectivity index (χ3n) is 7.22. The quantitative estimate of drug-likeness (QED) is 0.271. The highest BCUT2D eigenvalue weighted by Crippen LogP contribution is 2.28. The summed E-state index contributed by atoms with van der Waals surface area (Å²) in [6.45, 7) is 10.9. The number of nitrogens with one attached hydrogen (secondary N) is 2. The molecule has 0 saturated heterocycles. The van der Waals surface area contributed by atoms with Gasteiger partial charge in [0.25, 0.3) is 5.91 Å². The average Bonchev–Trinajstić information content (AvgIpc) is 2.94. The van der Waals surface area contributed by atoms with E-state index < -0.39 is 53.9 Å². The molecule has 230 valence electrons. The number of amides is 2. The van der Waals surface area contributed by atoms with E-state index in [-0.39, 0.29) is 41.4 Å². The second-order valence-electron chi connectivity index (χ2n) is 10.6. The SMILES string of the molecule is C=CCNC1=C2C[C@@H](C)C[C@H](OC)[C@H](O)[C@@H](C)/C=C(/C)[C@H](OC(N)=O)[C@@H](OC)/C=C\C=C(/C)C(=O)NC(=CC1=O)C2=O. The molecule has 1 heterocycles. The van der Waals surface area contributed by atoms with Crippen molar-refractivity contribution in [3.05, 3.63) is 71.1 Å². The first-order valence-corrected chi connectivity index (χ1v) is 13.8. The molecule has 0 unspecified atom stereocenters. The van der Waals surface area contributed by atoms with Gasteiger partial charge in [0.1, 0.15) is 6.10 Å². The Labute approximate surface area is 247 Å². The zero-order valence-electron chi connectivity index (χ0n) is 25.1. The van der Waals surface area contributed by atoms with Crippen molar-refractivity contribution in [2.24, 2.45) is 17.6 Å². The maximum atomic E-state index is 13.5. The fourth-order valence-corrected chi connectivity index (χ4v) is 4.95. The molecular formula is C31H43N3O8. The molecule has 0 aromatic rings. The summed E-state index contributed by atoms with van der Waals surface area (Å²) in [7, 11) is 2.92. The van der Waals surface area contributed by atoms with E-state index in [4.69, 9.17) is 19.9 Å². The summed E-state index contributed by atoms with van der Waals surface area (Å²) in [5.41, 5.74) is 6.42. The number of ether oxygens (including phenoxy) is 3. The number of aliphatic hydroxyl groups is 1. The first kappa shape index (κ1) is 34.4. The molecule has 11 nitrogen and oxygen atoms in total. The van der Waals surface area contributed by atoms with Crippen LogP contribution in [0.15, 0.2) is 71.1 Å². The molecule has 42 heavy (non-hydrogen) atoms. The van der Waals surface area contributed by atoms with Crippen LogP contribution in [0.25, 0.3) is 0 Å². The van der Waals surface area contributed by atoms with Gasteiger partial charge in [-0.3, -0.25) is 14.4 Å². The Morgan fingerprint density at radius 2 is 1.90 bits per heavy atom. The van der Waals surface area contributed by atoms with Gasteiger partial charge in [0.05, 0.1) is 23.6 Å². The lowest BCUT2D eigenvalue weighted by Gasteiger charge is -2.30. The van der Waals surface area contributed by atoms with E-state index in [0.29, 0.717) is 12.0 Å². The monoisotopic (exact) mass is 585 g/mol. The molecule has 2 amide bonds. The highest BCUT2D eigenvalue weighted by molar-refractivity contribution is 6.23. The summed E-state index contributed by atoms with van der Waals surface area (Å²) in [6, 6.07) is 0. The normalized spacial score (nSPS) is 31.6. The maximum Gasteiger partial charge on any atom is 0.405 e. The van der Waals surface area contributed by atoms with Crippen LogP contribution in [0.5, 0.6) is 0 Å². The number of fused-ring (bicyclic) bond motifs is 2. The molecular weight excluding hydrogens is 542 g/mol. The summed E-state index contributed by atoms with van der Waals surface area (Å²) < 4.78 is 16.6. The van der Waals surface area contributed by atoms with E-state index in [1.165, 1.54) is 20.3 Å². The average molecular weight is 586 g/mol. The minimum atomic E-state index is -1.00. The van der Waals surface area contributed by atoms with E-state index in [1.807, 2.05) is 6.92 Å². The Morgan fingerprint density at radius 3 is 2.50 bits per heavy atom. The number of methoxy groups -OCH3 is 2. The second-order valence-corrected chi connectivity index (χ2v) is 10.6. The van der Waals surface area contributed by atoms with Crippen LogP contribution in [-0.2, 0) is 28.6 Å². The van der Waals surface area contributed by atoms with Crippen molar-refractivity contribution in [3.8, 4) is 0 Å². The molecule has 5 N–H and O–H groups in total. The molecule has 2 aliphatic rings. The molecule has 1 aliphatic heterocycles. The summed E-state index contributed by atoms with van der Waals surface area (Å²) in [6.07, 6.45) is 5.34. The van der Waals surface area contributed by atoms with Crippen molar-refractivity contribution in [3.63, 3.8) is 0 Å². The molecule has 11 heteroatoms. The van der Waals surface area contributed by atoms with Crippen LogP contribution in [0, 0.1) is 11.8 Å². The van der Waals surface area contributed by atoms with Crippen molar-refractivity contribution in [2.75, 3.05) is 20.8 Å². The number of primary amides is 1. The third-order valence-corrected chi connectivity index (χ3v) is 7.22. The van der Waals surface area contributed by atoms with E-state index in [9.17, 15) is 24.3 Å². The Morgan fingerprint density at radius 1 is 1.21 bits per heavy atom. The summed E-state index contributed by atoms with van der Waals surface area (Å²) in [5.74, 6) is -2.14. The van der Waals surface area contributed by atoms with Crippen molar-refractivity contribution in [1.82, 2.24) is 10.6 Å². The van der Waals surface area contributed by atoms with Gasteiger partial charge < -0.3 is 35.7 Å². The van der Waals surface area contributed by atoms with Gasteiger partial charge in [0.2, 0.25) is 11.6 Å². The molecule has 0 aromatic carbocycles. The van der Waals surface area contributed by atoms with Crippen molar-refractivity contribution in [2.45, 2.75) is 65.0 Å². The van der Waals surface area contributed by atoms with Gasteiger partial charge in [-0.25, -0.2) is 4.79 Å². The number of hydrogen-bond acceptors (Lipinski definition) is 9. The minimum Gasteiger partial charge on any atom is -0.439 e. The second kappa shape index (κ2) is 16.0. The fraction of sp³-hybridized carbons (Fsp3) is 0.484. The lowest BCUT2D eigenvalue weighted by Crippen LogP contribution is -2.37. The van der Waals surface area contributed by atoms with Crippen molar-refractivity contribution >= 4 is 23.6 Å². The van der Waals surface area contributed by atoms with Gasteiger partial charge >= 0.3 is 6.09 Å². The van der Waals surface area contributed by atoms with Gasteiger partial charge in [-0.15, -0.1) is 6.58 Å². The Hall–Kier alpha value is -3.80. The molecule has 0 aromatic heterocycles. The Balaban J connectivity index is 2.62. The lowest BCUT2D eigenvalue weighted by molar-refractivity contribution is -0.120.